The average Bonchev–Trinajstić information content (AvgIpc) is 2.59. The molecular formula is C9H8N2O2. The van der Waals surface area contributed by atoms with Gasteiger partial charge in [0.2, 0.25) is 0 Å². The summed E-state index contributed by atoms with van der Waals surface area (Å²) >= 11 is 0. The van der Waals surface area contributed by atoms with Gasteiger partial charge in [0.1, 0.15) is 5.58 Å². The molecule has 1 amide bonds. The van der Waals surface area contributed by atoms with Crippen molar-refractivity contribution >= 4 is 16.9 Å². The van der Waals surface area contributed by atoms with Gasteiger partial charge in [-0.25, -0.2) is 5.84 Å². The van der Waals surface area contributed by atoms with Gasteiger partial charge in [-0.3, -0.25) is 10.2 Å². The summed E-state index contributed by atoms with van der Waals surface area (Å²) in [5, 5.41) is 0.890. The van der Waals surface area contributed by atoms with Crippen LogP contribution in [0.15, 0.2) is 34.7 Å². The normalized spacial score (nSPS) is 10.2. The van der Waals surface area contributed by atoms with Crippen LogP contribution < -0.4 is 11.3 Å². The zero-order chi connectivity index (χ0) is 9.26. The molecule has 2 aromatic rings. The molecule has 1 aromatic carbocycles. The van der Waals surface area contributed by atoms with Crippen molar-refractivity contribution in [1.82, 2.24) is 5.43 Å². The Morgan fingerprint density at radius 1 is 1.38 bits per heavy atom. The van der Waals surface area contributed by atoms with Gasteiger partial charge in [-0.05, 0) is 12.1 Å². The number of nitrogens with one attached hydrogen (secondary N) is 1. The molecule has 0 spiro atoms. The fraction of sp³-hybridized carbons (Fsp3) is 0. The summed E-state index contributed by atoms with van der Waals surface area (Å²) in [5.74, 6) is 4.77. The van der Waals surface area contributed by atoms with Crippen molar-refractivity contribution in [3.05, 3.63) is 36.1 Å². The number of fused-ring (bicyclic) bond motifs is 1. The van der Waals surface area contributed by atoms with Crippen LogP contribution in [0.25, 0.3) is 11.0 Å². The maximum absolute atomic E-state index is 11.1. The highest BCUT2D eigenvalue weighted by atomic mass is 16.3. The van der Waals surface area contributed by atoms with Gasteiger partial charge in [-0.1, -0.05) is 18.2 Å². The third-order valence-electron chi connectivity index (χ3n) is 1.78. The Bertz CT molecular complexity index is 415. The predicted molar refractivity (Wildman–Crippen MR) is 47.9 cm³/mol. The van der Waals surface area contributed by atoms with Gasteiger partial charge in [-0.2, -0.15) is 0 Å². The first-order chi connectivity index (χ1) is 6.31. The Morgan fingerprint density at radius 2 is 2.15 bits per heavy atom. The van der Waals surface area contributed by atoms with Crippen molar-refractivity contribution in [1.29, 1.82) is 0 Å². The Morgan fingerprint density at radius 3 is 2.85 bits per heavy atom. The molecule has 0 radical (unpaired) electrons. The van der Waals surface area contributed by atoms with Crippen LogP contribution in [0.2, 0.25) is 0 Å². The van der Waals surface area contributed by atoms with Gasteiger partial charge in [0.05, 0.1) is 0 Å². The van der Waals surface area contributed by atoms with E-state index in [-0.39, 0.29) is 5.76 Å². The van der Waals surface area contributed by atoms with Crippen molar-refractivity contribution in [3.8, 4) is 0 Å². The third-order valence-corrected chi connectivity index (χ3v) is 1.78. The smallest absolute Gasteiger partial charge is 0.300 e. The standard InChI is InChI=1S/C9H8N2O2/c10-11-9(12)8-5-6-3-1-2-4-7(6)13-8/h1-5H,10H2,(H,11,12). The number of amides is 1. The molecule has 0 saturated carbocycles. The van der Waals surface area contributed by atoms with Crippen LogP contribution in [0.5, 0.6) is 0 Å². The molecule has 4 nitrogen and oxygen atoms in total. The summed E-state index contributed by atoms with van der Waals surface area (Å²) < 4.78 is 5.23. The Balaban J connectivity index is 2.56. The van der Waals surface area contributed by atoms with Gasteiger partial charge in [0, 0.05) is 5.39 Å². The number of hydrogen-bond acceptors (Lipinski definition) is 3. The van der Waals surface area contributed by atoms with E-state index in [1.54, 1.807) is 12.1 Å². The molecular weight excluding hydrogens is 168 g/mol. The molecule has 13 heavy (non-hydrogen) atoms. The number of rotatable bonds is 1. The van der Waals surface area contributed by atoms with E-state index in [9.17, 15) is 4.79 Å². The minimum Gasteiger partial charge on any atom is -0.451 e. The number of furan rings is 1. The topological polar surface area (TPSA) is 68.3 Å². The number of para-hydroxylation sites is 1. The van der Waals surface area contributed by atoms with Crippen LogP contribution in [0.1, 0.15) is 10.6 Å². The van der Waals surface area contributed by atoms with E-state index in [1.807, 2.05) is 23.6 Å². The number of carbonyl (C=O) groups is 1. The number of hydrogen-bond donors (Lipinski definition) is 2. The van der Waals surface area contributed by atoms with E-state index < -0.39 is 5.91 Å². The maximum Gasteiger partial charge on any atom is 0.300 e. The molecule has 4 heteroatoms. The zero-order valence-electron chi connectivity index (χ0n) is 6.78. The van der Waals surface area contributed by atoms with E-state index in [0.717, 1.165) is 5.39 Å². The van der Waals surface area contributed by atoms with Crippen LogP contribution >= 0.6 is 0 Å². The molecule has 66 valence electrons. The maximum atomic E-state index is 11.1. The molecule has 0 fully saturated rings. The second kappa shape index (κ2) is 2.91. The highest BCUT2D eigenvalue weighted by Crippen LogP contribution is 2.18. The van der Waals surface area contributed by atoms with Crippen molar-refractivity contribution in [3.63, 3.8) is 0 Å². The highest BCUT2D eigenvalue weighted by Gasteiger charge is 2.09. The first-order valence-electron chi connectivity index (χ1n) is 3.81. The minimum absolute atomic E-state index is 0.226. The van der Waals surface area contributed by atoms with Crippen molar-refractivity contribution in [2.75, 3.05) is 0 Å². The summed E-state index contributed by atoms with van der Waals surface area (Å²) in [4.78, 5) is 11.1. The monoisotopic (exact) mass is 176 g/mol. The average molecular weight is 176 g/mol. The van der Waals surface area contributed by atoms with Crippen LogP contribution in [-0.2, 0) is 0 Å². The lowest BCUT2D eigenvalue weighted by Crippen LogP contribution is -2.29. The lowest BCUT2D eigenvalue weighted by molar-refractivity contribution is 0.0928. The van der Waals surface area contributed by atoms with Gasteiger partial charge < -0.3 is 4.42 Å². The van der Waals surface area contributed by atoms with Crippen LogP contribution in [0, 0.1) is 0 Å². The summed E-state index contributed by atoms with van der Waals surface area (Å²) in [6.45, 7) is 0. The predicted octanol–water partition coefficient (Wildman–Crippen LogP) is 1.04. The van der Waals surface area contributed by atoms with E-state index >= 15 is 0 Å². The van der Waals surface area contributed by atoms with E-state index in [0.29, 0.717) is 5.58 Å². The second-order valence-corrected chi connectivity index (χ2v) is 2.62. The molecule has 0 bridgehead atoms. The highest BCUT2D eigenvalue weighted by molar-refractivity contribution is 5.95. The molecule has 0 atom stereocenters. The van der Waals surface area contributed by atoms with Crippen molar-refractivity contribution in [2.45, 2.75) is 0 Å². The van der Waals surface area contributed by atoms with E-state index in [4.69, 9.17) is 10.3 Å². The summed E-state index contributed by atoms with van der Waals surface area (Å²) in [6.07, 6.45) is 0. The van der Waals surface area contributed by atoms with Crippen LogP contribution in [-0.4, -0.2) is 5.91 Å². The molecule has 2 rings (SSSR count). The molecule has 0 saturated heterocycles. The number of nitrogens with two attached hydrogens (primary N) is 1. The SMILES string of the molecule is NNC(=O)c1cc2ccccc2o1. The summed E-state index contributed by atoms with van der Waals surface area (Å²) in [5.41, 5.74) is 2.69. The lowest BCUT2D eigenvalue weighted by atomic mass is 10.2. The third kappa shape index (κ3) is 1.27. The molecule has 1 heterocycles. The van der Waals surface area contributed by atoms with Gasteiger partial charge in [0.25, 0.3) is 0 Å². The quantitative estimate of drug-likeness (QED) is 0.387. The molecule has 0 aliphatic rings. The van der Waals surface area contributed by atoms with Crippen LogP contribution in [0.3, 0.4) is 0 Å². The molecule has 1 aromatic heterocycles. The second-order valence-electron chi connectivity index (χ2n) is 2.62. The largest absolute Gasteiger partial charge is 0.451 e. The van der Waals surface area contributed by atoms with Crippen molar-refractivity contribution in [2.24, 2.45) is 5.84 Å². The lowest BCUT2D eigenvalue weighted by Gasteiger charge is -1.90. The minimum atomic E-state index is -0.420. The Kier molecular flexibility index (Phi) is 1.75. The first kappa shape index (κ1) is 7.82. The first-order valence-corrected chi connectivity index (χ1v) is 3.81. The van der Waals surface area contributed by atoms with Crippen molar-refractivity contribution < 1.29 is 9.21 Å². The molecule has 0 aliphatic heterocycles. The molecule has 0 aliphatic carbocycles. The van der Waals surface area contributed by atoms with Gasteiger partial charge in [0.15, 0.2) is 5.76 Å². The van der Waals surface area contributed by atoms with E-state index in [1.165, 1.54) is 0 Å². The number of benzene rings is 1. The number of nitrogen functional groups attached to an aromatic ring is 1. The van der Waals surface area contributed by atoms with Crippen LogP contribution in [0.4, 0.5) is 0 Å². The zero-order valence-corrected chi connectivity index (χ0v) is 6.78. The van der Waals surface area contributed by atoms with Gasteiger partial charge in [-0.15, -0.1) is 0 Å². The number of carbonyl (C=O) groups excluding carboxylic acids is 1. The Labute approximate surface area is 74.3 Å². The fourth-order valence-corrected chi connectivity index (χ4v) is 1.16. The Hall–Kier alpha value is -1.81. The fourth-order valence-electron chi connectivity index (χ4n) is 1.16. The molecule has 0 unspecified atom stereocenters. The van der Waals surface area contributed by atoms with E-state index in [2.05, 4.69) is 0 Å². The van der Waals surface area contributed by atoms with Gasteiger partial charge >= 0.3 is 5.91 Å². The summed E-state index contributed by atoms with van der Waals surface area (Å²) in [6, 6.07) is 9.03. The summed E-state index contributed by atoms with van der Waals surface area (Å²) in [7, 11) is 0. The number of hydrazine groups is 1. The molecule has 3 N–H and O–H groups in total.